The molecule has 0 aliphatic rings. The van der Waals surface area contributed by atoms with Gasteiger partial charge in [0.25, 0.3) is 5.91 Å². The first-order valence-corrected chi connectivity index (χ1v) is 14.3. The average molecular weight is 517 g/mol. The fraction of sp³-hybridized carbons (Fsp3) is 0.462. The highest BCUT2D eigenvalue weighted by atomic mass is 32.2. The van der Waals surface area contributed by atoms with Crippen LogP contribution in [-0.4, -0.2) is 68.8 Å². The van der Waals surface area contributed by atoms with E-state index in [0.29, 0.717) is 36.9 Å². The van der Waals surface area contributed by atoms with Crippen LogP contribution in [0.3, 0.4) is 0 Å². The summed E-state index contributed by atoms with van der Waals surface area (Å²) in [5, 5.41) is 0.647. The molecule has 0 aliphatic heterocycles. The van der Waals surface area contributed by atoms with Crippen molar-refractivity contribution < 1.29 is 13.2 Å². The van der Waals surface area contributed by atoms with Crippen LogP contribution in [0.15, 0.2) is 41.3 Å². The van der Waals surface area contributed by atoms with Crippen LogP contribution in [0.5, 0.6) is 0 Å². The highest BCUT2D eigenvalue weighted by molar-refractivity contribution is 7.89. The lowest BCUT2D eigenvalue weighted by molar-refractivity contribution is 0.0985. The molecule has 0 bridgehead atoms. The molecule has 2 aromatic carbocycles. The average Bonchev–Trinajstić information content (AvgIpc) is 3.23. The molecule has 9 heteroatoms. The Labute approximate surface area is 213 Å². The lowest BCUT2D eigenvalue weighted by Crippen LogP contribution is -2.36. The summed E-state index contributed by atoms with van der Waals surface area (Å²) in [6, 6.07) is 10.5. The van der Waals surface area contributed by atoms with Crippen molar-refractivity contribution in [3.8, 4) is 0 Å². The number of aromatic nitrogens is 1. The maximum atomic E-state index is 13.6. The van der Waals surface area contributed by atoms with E-state index in [0.717, 1.165) is 34.2 Å². The largest absolute Gasteiger partial charge is 0.308 e. The Balaban J connectivity index is 1.93. The SMILES string of the molecule is CCCCN(CC)S(=O)(=O)c1ccc(C(=O)N(CCN(C)C)c2nc3c(C)cc(C)cc3s2)cc1. The second-order valence-corrected chi connectivity index (χ2v) is 12.0. The van der Waals surface area contributed by atoms with Gasteiger partial charge in [0.2, 0.25) is 10.0 Å². The van der Waals surface area contributed by atoms with Crippen molar-refractivity contribution in [1.29, 1.82) is 0 Å². The zero-order chi connectivity index (χ0) is 25.8. The van der Waals surface area contributed by atoms with Crippen LogP contribution in [-0.2, 0) is 10.0 Å². The molecule has 0 unspecified atom stereocenters. The van der Waals surface area contributed by atoms with Crippen molar-refractivity contribution in [3.63, 3.8) is 0 Å². The monoisotopic (exact) mass is 516 g/mol. The van der Waals surface area contributed by atoms with Crippen molar-refractivity contribution in [3.05, 3.63) is 53.1 Å². The number of amides is 1. The van der Waals surface area contributed by atoms with E-state index in [1.165, 1.54) is 27.8 Å². The number of nitrogens with zero attached hydrogens (tertiary/aromatic N) is 4. The summed E-state index contributed by atoms with van der Waals surface area (Å²) >= 11 is 1.50. The molecule has 3 aromatic rings. The van der Waals surface area contributed by atoms with E-state index in [2.05, 4.69) is 19.1 Å². The van der Waals surface area contributed by atoms with Crippen LogP contribution in [0.1, 0.15) is 48.2 Å². The van der Waals surface area contributed by atoms with Crippen molar-refractivity contribution in [1.82, 2.24) is 14.2 Å². The van der Waals surface area contributed by atoms with Gasteiger partial charge in [-0.15, -0.1) is 0 Å². The molecular formula is C26H36N4O3S2. The van der Waals surface area contributed by atoms with E-state index >= 15 is 0 Å². The number of hydrogen-bond acceptors (Lipinski definition) is 6. The zero-order valence-electron chi connectivity index (χ0n) is 21.5. The van der Waals surface area contributed by atoms with Crippen molar-refractivity contribution in [2.45, 2.75) is 45.4 Å². The summed E-state index contributed by atoms with van der Waals surface area (Å²) in [7, 11) is 0.335. The Bertz CT molecular complexity index is 1270. The molecule has 0 N–H and O–H groups in total. The van der Waals surface area contributed by atoms with Gasteiger partial charge in [-0.1, -0.05) is 37.7 Å². The van der Waals surface area contributed by atoms with Gasteiger partial charge in [-0.2, -0.15) is 4.31 Å². The normalized spacial score (nSPS) is 12.1. The first-order valence-electron chi connectivity index (χ1n) is 12.0. The molecule has 0 saturated carbocycles. The van der Waals surface area contributed by atoms with E-state index in [4.69, 9.17) is 4.98 Å². The van der Waals surface area contributed by atoms with Crippen LogP contribution in [0, 0.1) is 13.8 Å². The van der Waals surface area contributed by atoms with Gasteiger partial charge >= 0.3 is 0 Å². The summed E-state index contributed by atoms with van der Waals surface area (Å²) in [6.07, 6.45) is 1.73. The highest BCUT2D eigenvalue weighted by Gasteiger charge is 2.25. The fourth-order valence-corrected chi connectivity index (χ4v) is 6.57. The van der Waals surface area contributed by atoms with Gasteiger partial charge in [0.05, 0.1) is 15.1 Å². The second kappa shape index (κ2) is 11.6. The number of hydrogen-bond donors (Lipinski definition) is 0. The first kappa shape index (κ1) is 27.3. The maximum absolute atomic E-state index is 13.6. The van der Waals surface area contributed by atoms with E-state index in [-0.39, 0.29) is 10.8 Å². The Kier molecular flexibility index (Phi) is 9.04. The molecule has 1 aromatic heterocycles. The quantitative estimate of drug-likeness (QED) is 0.361. The number of benzene rings is 2. The summed E-state index contributed by atoms with van der Waals surface area (Å²) in [4.78, 5) is 22.3. The van der Waals surface area contributed by atoms with E-state index in [1.54, 1.807) is 17.0 Å². The summed E-state index contributed by atoms with van der Waals surface area (Å²) < 4.78 is 28.7. The predicted octanol–water partition coefficient (Wildman–Crippen LogP) is 4.93. The molecule has 0 atom stereocenters. The van der Waals surface area contributed by atoms with Gasteiger partial charge in [0.15, 0.2) is 5.13 Å². The van der Waals surface area contributed by atoms with Gasteiger partial charge in [-0.05, 0) is 75.8 Å². The Morgan fingerprint density at radius 2 is 1.69 bits per heavy atom. The summed E-state index contributed by atoms with van der Waals surface area (Å²) in [5.74, 6) is -0.192. The number of carbonyl (C=O) groups is 1. The minimum atomic E-state index is -3.59. The fourth-order valence-electron chi connectivity index (χ4n) is 3.92. The molecule has 0 saturated heterocycles. The topological polar surface area (TPSA) is 73.8 Å². The molecule has 0 aliphatic carbocycles. The van der Waals surface area contributed by atoms with Gasteiger partial charge in [-0.3, -0.25) is 9.69 Å². The Morgan fingerprint density at radius 3 is 2.29 bits per heavy atom. The standard InChI is InChI=1S/C26H36N4O3S2/c1-7-9-14-29(8-2)35(32,33)22-12-10-21(11-13-22)25(31)30(16-15-28(5)6)26-27-24-20(4)17-19(3)18-23(24)34-26/h10-13,17-18H,7-9,14-16H2,1-6H3. The second-order valence-electron chi connectivity index (χ2n) is 9.06. The van der Waals surface area contributed by atoms with Crippen LogP contribution >= 0.6 is 11.3 Å². The van der Waals surface area contributed by atoms with Crippen LogP contribution in [0.25, 0.3) is 10.2 Å². The van der Waals surface area contributed by atoms with Crippen LogP contribution in [0.4, 0.5) is 5.13 Å². The number of sulfonamides is 1. The van der Waals surface area contributed by atoms with Crippen LogP contribution in [0.2, 0.25) is 0 Å². The Morgan fingerprint density at radius 1 is 1.00 bits per heavy atom. The minimum Gasteiger partial charge on any atom is -0.308 e. The third-order valence-electron chi connectivity index (χ3n) is 5.92. The van der Waals surface area contributed by atoms with Crippen LogP contribution < -0.4 is 4.90 Å². The van der Waals surface area contributed by atoms with E-state index in [9.17, 15) is 13.2 Å². The van der Waals surface area contributed by atoms with Crippen molar-refractivity contribution >= 4 is 42.6 Å². The Hall–Kier alpha value is -2.33. The molecule has 0 spiro atoms. The number of rotatable bonds is 11. The van der Waals surface area contributed by atoms with Crippen molar-refractivity contribution in [2.75, 3.05) is 45.2 Å². The third-order valence-corrected chi connectivity index (χ3v) is 8.93. The zero-order valence-corrected chi connectivity index (χ0v) is 23.2. The number of likely N-dealkylation sites (N-methyl/N-ethyl adjacent to an activating group) is 1. The molecule has 0 fully saturated rings. The molecule has 1 amide bonds. The lowest BCUT2D eigenvalue weighted by atomic mass is 10.1. The maximum Gasteiger partial charge on any atom is 0.260 e. The minimum absolute atomic E-state index is 0.192. The molecule has 190 valence electrons. The molecule has 7 nitrogen and oxygen atoms in total. The number of anilines is 1. The van der Waals surface area contributed by atoms with Crippen molar-refractivity contribution in [2.24, 2.45) is 0 Å². The van der Waals surface area contributed by atoms with Gasteiger partial charge < -0.3 is 4.90 Å². The third kappa shape index (κ3) is 6.27. The number of thiazole rings is 1. The lowest BCUT2D eigenvalue weighted by Gasteiger charge is -2.23. The predicted molar refractivity (Wildman–Crippen MR) is 145 cm³/mol. The number of fused-ring (bicyclic) bond motifs is 1. The number of aryl methyl sites for hydroxylation is 2. The smallest absolute Gasteiger partial charge is 0.260 e. The molecular weight excluding hydrogens is 480 g/mol. The van der Waals surface area contributed by atoms with E-state index in [1.807, 2.05) is 39.8 Å². The molecule has 1 heterocycles. The molecule has 0 radical (unpaired) electrons. The molecule has 35 heavy (non-hydrogen) atoms. The summed E-state index contributed by atoms with van der Waals surface area (Å²) in [5.41, 5.74) is 3.59. The summed E-state index contributed by atoms with van der Waals surface area (Å²) in [6.45, 7) is 10.0. The van der Waals surface area contributed by atoms with Gasteiger partial charge in [-0.25, -0.2) is 13.4 Å². The van der Waals surface area contributed by atoms with Gasteiger partial charge in [0, 0.05) is 31.7 Å². The number of carbonyl (C=O) groups excluding carboxylic acids is 1. The van der Waals surface area contributed by atoms with E-state index < -0.39 is 10.0 Å². The molecule has 3 rings (SSSR count). The highest BCUT2D eigenvalue weighted by Crippen LogP contribution is 2.32. The van der Waals surface area contributed by atoms with Gasteiger partial charge in [0.1, 0.15) is 0 Å². The number of unbranched alkanes of at least 4 members (excludes halogenated alkanes) is 1. The first-order chi connectivity index (χ1) is 16.6.